The third-order valence-electron chi connectivity index (χ3n) is 3.25. The topological polar surface area (TPSA) is 116 Å². The van der Waals surface area contributed by atoms with Gasteiger partial charge in [0.2, 0.25) is 0 Å². The zero-order valence-corrected chi connectivity index (χ0v) is 11.3. The number of hydrogen-bond donors (Lipinski definition) is 1. The number of rotatable bonds is 4. The number of nitrogens with two attached hydrogens (primary N) is 1. The Morgan fingerprint density at radius 3 is 2.57 bits per heavy atom. The van der Waals surface area contributed by atoms with Crippen molar-refractivity contribution in [3.8, 4) is 0 Å². The van der Waals surface area contributed by atoms with Crippen molar-refractivity contribution in [2.75, 3.05) is 25.4 Å². The fourth-order valence-corrected chi connectivity index (χ4v) is 2.11. The second-order valence-electron chi connectivity index (χ2n) is 4.69. The van der Waals surface area contributed by atoms with Crippen molar-refractivity contribution in [2.45, 2.75) is 12.8 Å². The molecule has 1 heterocycles. The highest BCUT2D eigenvalue weighted by atomic mass is 16.6. The predicted molar refractivity (Wildman–Crippen MR) is 73.6 cm³/mol. The Morgan fingerprint density at radius 2 is 2.00 bits per heavy atom. The third-order valence-corrected chi connectivity index (χ3v) is 3.25. The van der Waals surface area contributed by atoms with Crippen molar-refractivity contribution in [1.82, 2.24) is 4.90 Å². The lowest BCUT2D eigenvalue weighted by molar-refractivity contribution is -0.384. The Balaban J connectivity index is 1.97. The monoisotopic (exact) mass is 293 g/mol. The van der Waals surface area contributed by atoms with Gasteiger partial charge in [-0.1, -0.05) is 0 Å². The van der Waals surface area contributed by atoms with Crippen LogP contribution in [0.15, 0.2) is 18.2 Å². The number of hydrogen-bond acceptors (Lipinski definition) is 6. The van der Waals surface area contributed by atoms with Gasteiger partial charge in [-0.15, -0.1) is 0 Å². The molecule has 1 aliphatic heterocycles. The van der Waals surface area contributed by atoms with Gasteiger partial charge in [-0.25, -0.2) is 4.79 Å². The summed E-state index contributed by atoms with van der Waals surface area (Å²) in [5.41, 5.74) is 5.33. The molecule has 0 radical (unpaired) electrons. The molecule has 0 unspecified atom stereocenters. The van der Waals surface area contributed by atoms with Crippen LogP contribution >= 0.6 is 0 Å². The lowest BCUT2D eigenvalue weighted by Gasteiger charge is -2.15. The minimum Gasteiger partial charge on any atom is -0.452 e. The van der Waals surface area contributed by atoms with Crippen LogP contribution in [0.4, 0.5) is 11.4 Å². The summed E-state index contributed by atoms with van der Waals surface area (Å²) in [6.07, 6.45) is 1.91. The van der Waals surface area contributed by atoms with Gasteiger partial charge >= 0.3 is 5.97 Å². The number of likely N-dealkylation sites (tertiary alicyclic amines) is 1. The lowest BCUT2D eigenvalue weighted by Crippen LogP contribution is -2.32. The van der Waals surface area contributed by atoms with E-state index in [9.17, 15) is 19.7 Å². The van der Waals surface area contributed by atoms with Crippen LogP contribution in [0.1, 0.15) is 23.2 Å². The number of nitro benzene ring substituents is 1. The minimum absolute atomic E-state index is 0.00909. The van der Waals surface area contributed by atoms with Gasteiger partial charge in [0.1, 0.15) is 0 Å². The van der Waals surface area contributed by atoms with Gasteiger partial charge in [-0.3, -0.25) is 14.9 Å². The molecule has 1 aromatic rings. The first-order chi connectivity index (χ1) is 9.99. The average Bonchev–Trinajstić information content (AvgIpc) is 2.98. The minimum atomic E-state index is -0.769. The van der Waals surface area contributed by atoms with E-state index in [1.54, 1.807) is 4.90 Å². The van der Waals surface area contributed by atoms with Crippen molar-refractivity contribution in [1.29, 1.82) is 0 Å². The number of nitrogens with zero attached hydrogens (tertiary/aromatic N) is 2. The van der Waals surface area contributed by atoms with Gasteiger partial charge in [-0.05, 0) is 18.9 Å². The van der Waals surface area contributed by atoms with E-state index in [-0.39, 0.29) is 29.5 Å². The number of nitro groups is 1. The first kappa shape index (κ1) is 14.8. The molecule has 8 heteroatoms. The summed E-state index contributed by atoms with van der Waals surface area (Å²) in [6.45, 7) is 1.00. The smallest absolute Gasteiger partial charge is 0.340 e. The number of esters is 1. The van der Waals surface area contributed by atoms with Crippen LogP contribution in [0.25, 0.3) is 0 Å². The van der Waals surface area contributed by atoms with Crippen LogP contribution in [-0.2, 0) is 9.53 Å². The fraction of sp³-hybridized carbons (Fsp3) is 0.385. The Hall–Kier alpha value is -2.64. The molecular formula is C13H15N3O5. The Bertz CT molecular complexity index is 581. The number of benzene rings is 1. The van der Waals surface area contributed by atoms with Crippen LogP contribution in [0.3, 0.4) is 0 Å². The van der Waals surface area contributed by atoms with Gasteiger partial charge in [-0.2, -0.15) is 0 Å². The number of carbonyl (C=O) groups excluding carboxylic acids is 2. The highest BCUT2D eigenvalue weighted by Gasteiger charge is 2.21. The molecule has 0 saturated carbocycles. The second-order valence-corrected chi connectivity index (χ2v) is 4.69. The van der Waals surface area contributed by atoms with Crippen molar-refractivity contribution in [3.63, 3.8) is 0 Å². The maximum atomic E-state index is 11.8. The maximum Gasteiger partial charge on any atom is 0.340 e. The maximum absolute atomic E-state index is 11.8. The summed E-state index contributed by atoms with van der Waals surface area (Å²) in [5, 5.41) is 10.6. The van der Waals surface area contributed by atoms with Crippen molar-refractivity contribution >= 4 is 23.3 Å². The standard InChI is InChI=1S/C13H15N3O5/c14-11-7-9(16(19)20)3-4-10(11)13(18)21-8-12(17)15-5-1-2-6-15/h3-4,7H,1-2,5-6,8,14H2. The number of non-ortho nitro benzene ring substituents is 1. The van der Waals surface area contributed by atoms with Crippen molar-refractivity contribution in [3.05, 3.63) is 33.9 Å². The molecule has 0 aromatic heterocycles. The number of amides is 1. The zero-order valence-electron chi connectivity index (χ0n) is 11.3. The van der Waals surface area contributed by atoms with E-state index in [4.69, 9.17) is 10.5 Å². The van der Waals surface area contributed by atoms with E-state index < -0.39 is 10.9 Å². The molecule has 8 nitrogen and oxygen atoms in total. The largest absolute Gasteiger partial charge is 0.452 e. The Kier molecular flexibility index (Phi) is 4.36. The lowest BCUT2D eigenvalue weighted by atomic mass is 10.1. The molecule has 1 saturated heterocycles. The number of carbonyl (C=O) groups is 2. The molecule has 2 rings (SSSR count). The molecule has 112 valence electrons. The van der Waals surface area contributed by atoms with Gasteiger partial charge < -0.3 is 15.4 Å². The first-order valence-electron chi connectivity index (χ1n) is 6.48. The molecule has 2 N–H and O–H groups in total. The SMILES string of the molecule is Nc1cc([N+](=O)[O-])ccc1C(=O)OCC(=O)N1CCCC1. The van der Waals surface area contributed by atoms with E-state index in [0.29, 0.717) is 13.1 Å². The normalized spacial score (nSPS) is 14.0. The van der Waals surface area contributed by atoms with Crippen molar-refractivity contribution < 1.29 is 19.2 Å². The molecular weight excluding hydrogens is 278 g/mol. The number of anilines is 1. The molecule has 21 heavy (non-hydrogen) atoms. The summed E-state index contributed by atoms with van der Waals surface area (Å²) in [4.78, 5) is 35.2. The van der Waals surface area contributed by atoms with Crippen LogP contribution in [-0.4, -0.2) is 41.4 Å². The van der Waals surface area contributed by atoms with E-state index in [1.165, 1.54) is 6.07 Å². The summed E-state index contributed by atoms with van der Waals surface area (Å²) in [5.74, 6) is -1.02. The molecule has 1 amide bonds. The molecule has 0 spiro atoms. The number of nitrogen functional groups attached to an aromatic ring is 1. The van der Waals surface area contributed by atoms with E-state index in [1.807, 2.05) is 0 Å². The molecule has 0 bridgehead atoms. The second kappa shape index (κ2) is 6.21. The molecule has 1 aromatic carbocycles. The summed E-state index contributed by atoms with van der Waals surface area (Å²) in [7, 11) is 0. The highest BCUT2D eigenvalue weighted by Crippen LogP contribution is 2.20. The first-order valence-corrected chi connectivity index (χ1v) is 6.48. The Morgan fingerprint density at radius 1 is 1.33 bits per heavy atom. The molecule has 0 atom stereocenters. The third kappa shape index (κ3) is 3.47. The Labute approximate surface area is 120 Å². The van der Waals surface area contributed by atoms with Gasteiger partial charge in [0.15, 0.2) is 6.61 Å². The molecule has 1 aliphatic rings. The van der Waals surface area contributed by atoms with Crippen LogP contribution in [0, 0.1) is 10.1 Å². The van der Waals surface area contributed by atoms with Crippen molar-refractivity contribution in [2.24, 2.45) is 0 Å². The van der Waals surface area contributed by atoms with Gasteiger partial charge in [0, 0.05) is 25.2 Å². The van der Waals surface area contributed by atoms with E-state index >= 15 is 0 Å². The van der Waals surface area contributed by atoms with Gasteiger partial charge in [0.05, 0.1) is 16.2 Å². The summed E-state index contributed by atoms with van der Waals surface area (Å²) in [6, 6.07) is 3.46. The van der Waals surface area contributed by atoms with Crippen LogP contribution in [0.5, 0.6) is 0 Å². The van der Waals surface area contributed by atoms with Crippen LogP contribution < -0.4 is 5.73 Å². The summed E-state index contributed by atoms with van der Waals surface area (Å²) >= 11 is 0. The summed E-state index contributed by atoms with van der Waals surface area (Å²) < 4.78 is 4.90. The average molecular weight is 293 g/mol. The predicted octanol–water partition coefficient (Wildman–Crippen LogP) is 0.956. The zero-order chi connectivity index (χ0) is 15.4. The quantitative estimate of drug-likeness (QED) is 0.382. The van der Waals surface area contributed by atoms with E-state index in [2.05, 4.69) is 0 Å². The highest BCUT2D eigenvalue weighted by molar-refractivity contribution is 5.96. The molecule has 1 fully saturated rings. The molecule has 0 aliphatic carbocycles. The number of ether oxygens (including phenoxy) is 1. The van der Waals surface area contributed by atoms with Gasteiger partial charge in [0.25, 0.3) is 11.6 Å². The fourth-order valence-electron chi connectivity index (χ4n) is 2.11. The van der Waals surface area contributed by atoms with Crippen LogP contribution in [0.2, 0.25) is 0 Å². The van der Waals surface area contributed by atoms with E-state index in [0.717, 1.165) is 25.0 Å².